The Bertz CT molecular complexity index is 1090. The number of sulfonamides is 1. The first-order valence-electron chi connectivity index (χ1n) is 11.3. The molecule has 10 heteroatoms. The van der Waals surface area contributed by atoms with Gasteiger partial charge in [0.25, 0.3) is 5.91 Å². The summed E-state index contributed by atoms with van der Waals surface area (Å²) in [5, 5.41) is 3.52. The average Bonchev–Trinajstić information content (AvgIpc) is 3.35. The number of aromatic nitrogens is 1. The largest absolute Gasteiger partial charge is 0.356 e. The van der Waals surface area contributed by atoms with Crippen LogP contribution in [0.3, 0.4) is 0 Å². The molecular weight excluding hydrogens is 464 g/mol. The second-order valence-electron chi connectivity index (χ2n) is 8.65. The standard InChI is InChI=1S/C23H29ClN4O4S/c24-19-8-6-17(7-9-19)14-26-22(29)18-5-4-12-28(16-18)33(31,32)20-13-21(25-15-20)23(30)27-10-2-1-3-11-27/h6-9,13,15,18,25H,1-5,10-12,14,16H2,(H,26,29). The zero-order valence-corrected chi connectivity index (χ0v) is 20.0. The number of H-pyrrole nitrogens is 1. The van der Waals surface area contributed by atoms with Crippen LogP contribution in [0.5, 0.6) is 0 Å². The second kappa shape index (κ2) is 10.3. The number of nitrogens with one attached hydrogen (secondary N) is 2. The SMILES string of the molecule is O=C(NCc1ccc(Cl)cc1)C1CCCN(S(=O)(=O)c2c[nH]c(C(=O)N3CCCCC3)c2)C1. The zero-order valence-electron chi connectivity index (χ0n) is 18.4. The third-order valence-corrected chi connectivity index (χ3v) is 8.40. The highest BCUT2D eigenvalue weighted by atomic mass is 35.5. The van der Waals surface area contributed by atoms with E-state index in [1.165, 1.54) is 16.6 Å². The van der Waals surface area contributed by atoms with Crippen LogP contribution in [-0.4, -0.2) is 60.6 Å². The molecule has 4 rings (SSSR count). The molecule has 33 heavy (non-hydrogen) atoms. The summed E-state index contributed by atoms with van der Waals surface area (Å²) in [6.45, 7) is 2.22. The highest BCUT2D eigenvalue weighted by Crippen LogP contribution is 2.25. The fourth-order valence-corrected chi connectivity index (χ4v) is 6.02. The number of hydrogen-bond donors (Lipinski definition) is 2. The fourth-order valence-electron chi connectivity index (χ4n) is 4.37. The van der Waals surface area contributed by atoms with Crippen LogP contribution < -0.4 is 5.32 Å². The highest BCUT2D eigenvalue weighted by molar-refractivity contribution is 7.89. The Morgan fingerprint density at radius 2 is 1.79 bits per heavy atom. The Morgan fingerprint density at radius 3 is 2.52 bits per heavy atom. The van der Waals surface area contributed by atoms with Crippen molar-refractivity contribution in [1.29, 1.82) is 0 Å². The van der Waals surface area contributed by atoms with E-state index in [4.69, 9.17) is 11.6 Å². The molecule has 2 aliphatic heterocycles. The van der Waals surface area contributed by atoms with Gasteiger partial charge in [-0.05, 0) is 55.9 Å². The smallest absolute Gasteiger partial charge is 0.270 e. The van der Waals surface area contributed by atoms with Crippen LogP contribution in [0.15, 0.2) is 41.4 Å². The van der Waals surface area contributed by atoms with Gasteiger partial charge in [-0.3, -0.25) is 9.59 Å². The molecule has 2 aliphatic rings. The number of rotatable bonds is 6. The molecular formula is C23H29ClN4O4S. The van der Waals surface area contributed by atoms with Crippen molar-refractivity contribution in [3.8, 4) is 0 Å². The predicted octanol–water partition coefficient (Wildman–Crippen LogP) is 3.01. The van der Waals surface area contributed by atoms with Gasteiger partial charge in [0.2, 0.25) is 15.9 Å². The third-order valence-electron chi connectivity index (χ3n) is 6.30. The van der Waals surface area contributed by atoms with Gasteiger partial charge in [-0.15, -0.1) is 0 Å². The van der Waals surface area contributed by atoms with Crippen molar-refractivity contribution in [2.24, 2.45) is 5.92 Å². The summed E-state index contributed by atoms with van der Waals surface area (Å²) < 4.78 is 27.8. The van der Waals surface area contributed by atoms with E-state index >= 15 is 0 Å². The van der Waals surface area contributed by atoms with Crippen LogP contribution in [0, 0.1) is 5.92 Å². The molecule has 0 spiro atoms. The summed E-state index contributed by atoms with van der Waals surface area (Å²) in [6.07, 6.45) is 5.64. The number of nitrogens with zero attached hydrogens (tertiary/aromatic N) is 2. The van der Waals surface area contributed by atoms with E-state index in [1.54, 1.807) is 17.0 Å². The summed E-state index contributed by atoms with van der Waals surface area (Å²) in [5.41, 5.74) is 1.20. The van der Waals surface area contributed by atoms with Gasteiger partial charge in [-0.25, -0.2) is 8.42 Å². The number of benzene rings is 1. The molecule has 2 saturated heterocycles. The van der Waals surface area contributed by atoms with Crippen molar-refractivity contribution in [3.05, 3.63) is 52.8 Å². The van der Waals surface area contributed by atoms with Gasteiger partial charge >= 0.3 is 0 Å². The van der Waals surface area contributed by atoms with Crippen molar-refractivity contribution in [3.63, 3.8) is 0 Å². The van der Waals surface area contributed by atoms with Crippen molar-refractivity contribution in [2.75, 3.05) is 26.2 Å². The first kappa shape index (κ1) is 23.8. The van der Waals surface area contributed by atoms with Gasteiger partial charge in [0.05, 0.1) is 5.92 Å². The van der Waals surface area contributed by atoms with Crippen LogP contribution in [0.2, 0.25) is 5.02 Å². The lowest BCUT2D eigenvalue weighted by Crippen LogP contribution is -2.45. The molecule has 1 aromatic carbocycles. The van der Waals surface area contributed by atoms with Crippen molar-refractivity contribution in [1.82, 2.24) is 19.5 Å². The van der Waals surface area contributed by atoms with Crippen LogP contribution in [-0.2, 0) is 21.4 Å². The van der Waals surface area contributed by atoms with Gasteiger partial charge in [0, 0.05) is 43.9 Å². The lowest BCUT2D eigenvalue weighted by molar-refractivity contribution is -0.126. The summed E-state index contributed by atoms with van der Waals surface area (Å²) in [7, 11) is -3.81. The molecule has 1 atom stereocenters. The topological polar surface area (TPSA) is 103 Å². The summed E-state index contributed by atoms with van der Waals surface area (Å²) >= 11 is 5.89. The Balaban J connectivity index is 1.38. The molecule has 2 fully saturated rings. The lowest BCUT2D eigenvalue weighted by Gasteiger charge is -2.31. The van der Waals surface area contributed by atoms with E-state index in [1.807, 2.05) is 12.1 Å². The van der Waals surface area contributed by atoms with Crippen molar-refractivity contribution >= 4 is 33.4 Å². The van der Waals surface area contributed by atoms with E-state index < -0.39 is 15.9 Å². The molecule has 8 nitrogen and oxygen atoms in total. The maximum atomic E-state index is 13.2. The van der Waals surface area contributed by atoms with Crippen LogP contribution in [0.4, 0.5) is 0 Å². The van der Waals surface area contributed by atoms with Crippen molar-refractivity contribution < 1.29 is 18.0 Å². The van der Waals surface area contributed by atoms with Gasteiger partial charge in [0.1, 0.15) is 10.6 Å². The summed E-state index contributed by atoms with van der Waals surface area (Å²) in [4.78, 5) is 30.0. The molecule has 2 amide bonds. The second-order valence-corrected chi connectivity index (χ2v) is 11.0. The molecule has 2 aromatic rings. The molecule has 0 radical (unpaired) electrons. The first-order valence-corrected chi connectivity index (χ1v) is 13.2. The van der Waals surface area contributed by atoms with Gasteiger partial charge in [0.15, 0.2) is 0 Å². The Hall–Kier alpha value is -2.36. The van der Waals surface area contributed by atoms with Gasteiger partial charge < -0.3 is 15.2 Å². The minimum atomic E-state index is -3.81. The highest BCUT2D eigenvalue weighted by Gasteiger charge is 2.34. The molecule has 0 aliphatic carbocycles. The monoisotopic (exact) mass is 492 g/mol. The minimum absolute atomic E-state index is 0.0603. The average molecular weight is 493 g/mol. The summed E-state index contributed by atoms with van der Waals surface area (Å²) in [5.74, 6) is -0.761. The van der Waals surface area contributed by atoms with Gasteiger partial charge in [-0.2, -0.15) is 4.31 Å². The number of carbonyl (C=O) groups excluding carboxylic acids is 2. The van der Waals surface area contributed by atoms with E-state index in [0.29, 0.717) is 44.0 Å². The maximum Gasteiger partial charge on any atom is 0.270 e. The fraction of sp³-hybridized carbons (Fsp3) is 0.478. The number of carbonyl (C=O) groups is 2. The van der Waals surface area contributed by atoms with E-state index in [9.17, 15) is 18.0 Å². The zero-order chi connectivity index (χ0) is 23.4. The first-order chi connectivity index (χ1) is 15.8. The molecule has 2 N–H and O–H groups in total. The molecule has 178 valence electrons. The number of likely N-dealkylation sites (tertiary alicyclic amines) is 1. The Morgan fingerprint density at radius 1 is 1.06 bits per heavy atom. The van der Waals surface area contributed by atoms with Crippen LogP contribution >= 0.6 is 11.6 Å². The number of halogens is 1. The van der Waals surface area contributed by atoms with Crippen molar-refractivity contribution in [2.45, 2.75) is 43.5 Å². The minimum Gasteiger partial charge on any atom is -0.356 e. The van der Waals surface area contributed by atoms with Crippen LogP contribution in [0.25, 0.3) is 0 Å². The Labute approximate surface area is 199 Å². The number of aromatic amines is 1. The predicted molar refractivity (Wildman–Crippen MR) is 125 cm³/mol. The molecule has 1 aromatic heterocycles. The normalized spacial score (nSPS) is 19.9. The number of hydrogen-bond acceptors (Lipinski definition) is 4. The molecule has 0 saturated carbocycles. The number of amides is 2. The summed E-state index contributed by atoms with van der Waals surface area (Å²) in [6, 6.07) is 8.62. The molecule has 3 heterocycles. The Kier molecular flexibility index (Phi) is 7.41. The number of piperidine rings is 2. The maximum absolute atomic E-state index is 13.2. The quantitative estimate of drug-likeness (QED) is 0.647. The van der Waals surface area contributed by atoms with E-state index in [-0.39, 0.29) is 28.9 Å². The molecule has 0 bridgehead atoms. The molecule has 1 unspecified atom stereocenters. The lowest BCUT2D eigenvalue weighted by atomic mass is 9.99. The van der Waals surface area contributed by atoms with Crippen LogP contribution in [0.1, 0.15) is 48.2 Å². The third kappa shape index (κ3) is 5.59. The van der Waals surface area contributed by atoms with Gasteiger partial charge in [-0.1, -0.05) is 23.7 Å². The van der Waals surface area contributed by atoms with E-state index in [2.05, 4.69) is 10.3 Å². The van der Waals surface area contributed by atoms with E-state index in [0.717, 1.165) is 24.8 Å².